The molecule has 1 aromatic carbocycles. The molecule has 0 aliphatic carbocycles. The first-order valence-corrected chi connectivity index (χ1v) is 4.93. The number of carbonyl (C=O) groups excluding carboxylic acids is 1. The molecule has 15 heavy (non-hydrogen) atoms. The molecule has 0 fully saturated rings. The third-order valence-electron chi connectivity index (χ3n) is 1.88. The Kier molecular flexibility index (Phi) is 3.96. The summed E-state index contributed by atoms with van der Waals surface area (Å²) in [5, 5.41) is 0. The zero-order valence-electron chi connectivity index (χ0n) is 8.67. The summed E-state index contributed by atoms with van der Waals surface area (Å²) in [7, 11) is 4.29. The van der Waals surface area contributed by atoms with E-state index in [4.69, 9.17) is 9.47 Å². The van der Waals surface area contributed by atoms with E-state index in [2.05, 4.69) is 20.7 Å². The topological polar surface area (TPSA) is 44.8 Å². The summed E-state index contributed by atoms with van der Waals surface area (Å²) in [6.45, 7) is 0. The van der Waals surface area contributed by atoms with Gasteiger partial charge in [-0.3, -0.25) is 0 Å². The maximum atomic E-state index is 11.4. The van der Waals surface area contributed by atoms with Crippen molar-refractivity contribution in [2.75, 3.05) is 21.3 Å². The lowest BCUT2D eigenvalue weighted by Gasteiger charge is -2.12. The normalized spacial score (nSPS) is 9.60. The molecule has 0 aromatic heterocycles. The molecular weight excluding hydrogens is 264 g/mol. The fraction of sp³-hybridized carbons (Fsp3) is 0.300. The van der Waals surface area contributed by atoms with E-state index in [-0.39, 0.29) is 0 Å². The average Bonchev–Trinajstić information content (AvgIpc) is 2.27. The molecule has 0 aliphatic heterocycles. The Bertz CT molecular complexity index is 376. The Balaban J connectivity index is 3.35. The largest absolute Gasteiger partial charge is 0.492 e. The first kappa shape index (κ1) is 11.8. The van der Waals surface area contributed by atoms with E-state index in [1.807, 2.05) is 0 Å². The smallest absolute Gasteiger partial charge is 0.341 e. The number of methoxy groups -OCH3 is 3. The van der Waals surface area contributed by atoms with Gasteiger partial charge in [-0.05, 0) is 28.1 Å². The fourth-order valence-electron chi connectivity index (χ4n) is 1.20. The van der Waals surface area contributed by atoms with Crippen molar-refractivity contribution in [3.63, 3.8) is 0 Å². The number of halogens is 1. The van der Waals surface area contributed by atoms with E-state index >= 15 is 0 Å². The van der Waals surface area contributed by atoms with Gasteiger partial charge in [-0.25, -0.2) is 4.79 Å². The molecular formula is C10H11BrO4. The summed E-state index contributed by atoms with van der Waals surface area (Å²) in [5.41, 5.74) is 0.333. The van der Waals surface area contributed by atoms with Crippen LogP contribution in [0.5, 0.6) is 11.5 Å². The van der Waals surface area contributed by atoms with Gasteiger partial charge in [-0.2, -0.15) is 0 Å². The van der Waals surface area contributed by atoms with Crippen molar-refractivity contribution in [3.05, 3.63) is 22.2 Å². The van der Waals surface area contributed by atoms with Gasteiger partial charge in [0.15, 0.2) is 11.5 Å². The van der Waals surface area contributed by atoms with Crippen LogP contribution in [0.1, 0.15) is 10.4 Å². The van der Waals surface area contributed by atoms with Crippen LogP contribution in [-0.4, -0.2) is 27.3 Å². The number of rotatable bonds is 3. The minimum absolute atomic E-state index is 0.333. The maximum absolute atomic E-state index is 11.4. The van der Waals surface area contributed by atoms with Crippen LogP contribution >= 0.6 is 15.9 Å². The molecule has 0 N–H and O–H groups in total. The van der Waals surface area contributed by atoms with Gasteiger partial charge < -0.3 is 14.2 Å². The van der Waals surface area contributed by atoms with Gasteiger partial charge in [0, 0.05) is 0 Å². The molecule has 0 saturated heterocycles. The number of esters is 1. The molecule has 0 spiro atoms. The van der Waals surface area contributed by atoms with Gasteiger partial charge >= 0.3 is 5.97 Å². The predicted octanol–water partition coefficient (Wildman–Crippen LogP) is 2.25. The number of benzene rings is 1. The highest BCUT2D eigenvalue weighted by molar-refractivity contribution is 9.10. The summed E-state index contributed by atoms with van der Waals surface area (Å²) in [6, 6.07) is 3.31. The van der Waals surface area contributed by atoms with Crippen molar-refractivity contribution < 1.29 is 19.0 Å². The van der Waals surface area contributed by atoms with E-state index in [1.165, 1.54) is 21.3 Å². The van der Waals surface area contributed by atoms with Crippen LogP contribution in [0.4, 0.5) is 0 Å². The summed E-state index contributed by atoms with van der Waals surface area (Å²) < 4.78 is 15.6. The highest BCUT2D eigenvalue weighted by Gasteiger charge is 2.19. The second kappa shape index (κ2) is 5.02. The molecule has 82 valence electrons. The molecule has 1 rings (SSSR count). The molecule has 0 unspecified atom stereocenters. The van der Waals surface area contributed by atoms with Gasteiger partial charge in [0.25, 0.3) is 0 Å². The van der Waals surface area contributed by atoms with Crippen LogP contribution in [0.15, 0.2) is 16.6 Å². The molecule has 0 atom stereocenters. The monoisotopic (exact) mass is 274 g/mol. The van der Waals surface area contributed by atoms with Gasteiger partial charge in [0.05, 0.1) is 25.8 Å². The van der Waals surface area contributed by atoms with Crippen molar-refractivity contribution in [2.45, 2.75) is 0 Å². The minimum Gasteiger partial charge on any atom is -0.492 e. The maximum Gasteiger partial charge on any atom is 0.341 e. The van der Waals surface area contributed by atoms with Gasteiger partial charge in [0.2, 0.25) is 0 Å². The van der Waals surface area contributed by atoms with E-state index in [0.29, 0.717) is 17.1 Å². The van der Waals surface area contributed by atoms with E-state index in [0.717, 1.165) is 4.47 Å². The lowest BCUT2D eigenvalue weighted by atomic mass is 10.2. The minimum atomic E-state index is -0.461. The van der Waals surface area contributed by atoms with Crippen LogP contribution in [0.3, 0.4) is 0 Å². The first-order valence-electron chi connectivity index (χ1n) is 4.14. The number of carbonyl (C=O) groups is 1. The zero-order valence-corrected chi connectivity index (χ0v) is 10.3. The third kappa shape index (κ3) is 2.23. The molecule has 0 bridgehead atoms. The SMILES string of the molecule is COC(=O)c1ccc(Br)c(OC)c1OC. The Morgan fingerprint density at radius 1 is 1.13 bits per heavy atom. The molecule has 0 heterocycles. The van der Waals surface area contributed by atoms with Crippen molar-refractivity contribution in [1.29, 1.82) is 0 Å². The molecule has 5 heteroatoms. The number of hydrogen-bond donors (Lipinski definition) is 0. The number of hydrogen-bond acceptors (Lipinski definition) is 4. The Morgan fingerprint density at radius 2 is 1.73 bits per heavy atom. The van der Waals surface area contributed by atoms with Crippen LogP contribution in [-0.2, 0) is 4.74 Å². The van der Waals surface area contributed by atoms with Crippen LogP contribution in [0.25, 0.3) is 0 Å². The summed E-state index contributed by atoms with van der Waals surface area (Å²) in [4.78, 5) is 11.4. The summed E-state index contributed by atoms with van der Waals surface area (Å²) >= 11 is 3.30. The standard InChI is InChI=1S/C10H11BrO4/c1-13-8-6(10(12)15-3)4-5-7(11)9(8)14-2/h4-5H,1-3H3. The van der Waals surface area contributed by atoms with Gasteiger partial charge in [-0.1, -0.05) is 0 Å². The molecule has 0 saturated carbocycles. The van der Waals surface area contributed by atoms with Crippen molar-refractivity contribution in [2.24, 2.45) is 0 Å². The lowest BCUT2D eigenvalue weighted by molar-refractivity contribution is 0.0596. The second-order valence-electron chi connectivity index (χ2n) is 2.65. The fourth-order valence-corrected chi connectivity index (χ4v) is 1.68. The first-order chi connectivity index (χ1) is 7.15. The average molecular weight is 275 g/mol. The van der Waals surface area contributed by atoms with Gasteiger partial charge in [0.1, 0.15) is 5.56 Å². The zero-order chi connectivity index (χ0) is 11.4. The van der Waals surface area contributed by atoms with Crippen LogP contribution < -0.4 is 9.47 Å². The van der Waals surface area contributed by atoms with E-state index < -0.39 is 5.97 Å². The highest BCUT2D eigenvalue weighted by Crippen LogP contribution is 2.38. The highest BCUT2D eigenvalue weighted by atomic mass is 79.9. The second-order valence-corrected chi connectivity index (χ2v) is 3.51. The molecule has 0 aliphatic rings. The lowest BCUT2D eigenvalue weighted by Crippen LogP contribution is -2.05. The van der Waals surface area contributed by atoms with Crippen LogP contribution in [0.2, 0.25) is 0 Å². The quantitative estimate of drug-likeness (QED) is 0.794. The summed E-state index contributed by atoms with van der Waals surface area (Å²) in [6.07, 6.45) is 0. The third-order valence-corrected chi connectivity index (χ3v) is 2.50. The number of ether oxygens (including phenoxy) is 3. The Hall–Kier alpha value is -1.23. The molecule has 0 amide bonds. The van der Waals surface area contributed by atoms with Crippen molar-refractivity contribution in [3.8, 4) is 11.5 Å². The van der Waals surface area contributed by atoms with E-state index in [9.17, 15) is 4.79 Å². The van der Waals surface area contributed by atoms with Crippen LogP contribution in [0, 0.1) is 0 Å². The van der Waals surface area contributed by atoms with Crippen molar-refractivity contribution >= 4 is 21.9 Å². The van der Waals surface area contributed by atoms with E-state index in [1.54, 1.807) is 12.1 Å². The Morgan fingerprint density at radius 3 is 2.20 bits per heavy atom. The van der Waals surface area contributed by atoms with Crippen molar-refractivity contribution in [1.82, 2.24) is 0 Å². The molecule has 4 nitrogen and oxygen atoms in total. The Labute approximate surface area is 96.3 Å². The molecule has 0 radical (unpaired) electrons. The molecule has 1 aromatic rings. The predicted molar refractivity (Wildman–Crippen MR) is 58.6 cm³/mol. The van der Waals surface area contributed by atoms with Gasteiger partial charge in [-0.15, -0.1) is 0 Å². The summed E-state index contributed by atoms with van der Waals surface area (Å²) in [5.74, 6) is 0.372.